The fourth-order valence-electron chi connectivity index (χ4n) is 7.61. The van der Waals surface area contributed by atoms with Crippen LogP contribution in [0.5, 0.6) is 0 Å². The van der Waals surface area contributed by atoms with E-state index in [1.807, 2.05) is 12.1 Å². The molecule has 0 spiro atoms. The van der Waals surface area contributed by atoms with E-state index in [2.05, 4.69) is 37.8 Å². The molecule has 4 heteroatoms. The van der Waals surface area contributed by atoms with Crippen molar-refractivity contribution in [1.82, 2.24) is 0 Å². The van der Waals surface area contributed by atoms with Gasteiger partial charge in [0, 0.05) is 11.1 Å². The van der Waals surface area contributed by atoms with E-state index >= 15 is 0 Å². The van der Waals surface area contributed by atoms with E-state index in [1.54, 1.807) is 0 Å². The first-order valence-corrected chi connectivity index (χ1v) is 11.4. The Bertz CT molecular complexity index is 1140. The topological polar surface area (TPSA) is 74.6 Å². The number of hydrogen-bond acceptors (Lipinski definition) is 2. The molecule has 2 aromatic carbocycles. The highest BCUT2D eigenvalue weighted by Crippen LogP contribution is 2.69. The Labute approximate surface area is 188 Å². The molecule has 0 saturated heterocycles. The molecule has 0 heterocycles. The molecule has 5 atom stereocenters. The molecule has 4 aliphatic rings. The summed E-state index contributed by atoms with van der Waals surface area (Å²) >= 11 is 0. The van der Waals surface area contributed by atoms with E-state index in [4.69, 9.17) is 0 Å². The zero-order valence-electron chi connectivity index (χ0n) is 18.5. The predicted molar refractivity (Wildman–Crippen MR) is 122 cm³/mol. The summed E-state index contributed by atoms with van der Waals surface area (Å²) in [4.78, 5) is 22.6. The second-order valence-corrected chi connectivity index (χ2v) is 10.9. The van der Waals surface area contributed by atoms with Gasteiger partial charge in [-0.1, -0.05) is 37.8 Å². The number of carbonyl (C=O) groups is 2. The summed E-state index contributed by atoms with van der Waals surface area (Å²) in [5, 5.41) is 18.5. The Morgan fingerprint density at radius 1 is 0.875 bits per heavy atom. The zero-order valence-corrected chi connectivity index (χ0v) is 18.5. The van der Waals surface area contributed by atoms with Crippen LogP contribution in [0.15, 0.2) is 42.5 Å². The molecular formula is C28H28O4. The van der Waals surface area contributed by atoms with Gasteiger partial charge >= 0.3 is 11.9 Å². The third-order valence-electron chi connectivity index (χ3n) is 8.03. The van der Waals surface area contributed by atoms with Gasteiger partial charge < -0.3 is 10.2 Å². The first-order valence-electron chi connectivity index (χ1n) is 11.4. The molecule has 164 valence electrons. The van der Waals surface area contributed by atoms with Crippen LogP contribution >= 0.6 is 0 Å². The minimum atomic E-state index is -1.17. The van der Waals surface area contributed by atoms with E-state index in [9.17, 15) is 19.8 Å². The fourth-order valence-corrected chi connectivity index (χ4v) is 7.61. The third kappa shape index (κ3) is 3.60. The second kappa shape index (κ2) is 7.24. The highest BCUT2D eigenvalue weighted by molar-refractivity contribution is 5.94. The summed E-state index contributed by atoms with van der Waals surface area (Å²) in [6.07, 6.45) is 6.79. The summed E-state index contributed by atoms with van der Waals surface area (Å²) in [5.74, 6) is 5.95. The first kappa shape index (κ1) is 20.8. The van der Waals surface area contributed by atoms with Crippen molar-refractivity contribution < 1.29 is 19.8 Å². The molecule has 4 saturated carbocycles. The highest BCUT2D eigenvalue weighted by atomic mass is 16.4. The van der Waals surface area contributed by atoms with Gasteiger partial charge in [-0.05, 0) is 96.6 Å². The summed E-state index contributed by atoms with van der Waals surface area (Å²) in [5.41, 5.74) is 3.40. The molecule has 2 aromatic rings. The molecule has 0 aromatic heterocycles. The number of carboxylic acids is 2. The maximum Gasteiger partial charge on any atom is 0.335 e. The smallest absolute Gasteiger partial charge is 0.335 e. The lowest BCUT2D eigenvalue weighted by Crippen LogP contribution is -2.53. The molecule has 0 amide bonds. The first-order chi connectivity index (χ1) is 15.1. The number of carboxylic acid groups (broad SMARTS) is 2. The van der Waals surface area contributed by atoms with Crippen molar-refractivity contribution in [3.63, 3.8) is 0 Å². The van der Waals surface area contributed by atoms with Crippen LogP contribution in [0.3, 0.4) is 0 Å². The molecule has 0 radical (unpaired) electrons. The number of hydrogen-bond donors (Lipinski definition) is 2. The molecule has 5 unspecified atom stereocenters. The van der Waals surface area contributed by atoms with Crippen LogP contribution in [-0.4, -0.2) is 22.2 Å². The number of aromatic carboxylic acids is 2. The molecule has 4 aliphatic carbocycles. The average molecular weight is 429 g/mol. The van der Waals surface area contributed by atoms with Crippen molar-refractivity contribution in [2.24, 2.45) is 22.7 Å². The maximum absolute atomic E-state index is 11.3. The maximum atomic E-state index is 11.3. The third-order valence-corrected chi connectivity index (χ3v) is 8.03. The van der Waals surface area contributed by atoms with Gasteiger partial charge in [-0.3, -0.25) is 0 Å². The zero-order chi connectivity index (χ0) is 22.7. The largest absolute Gasteiger partial charge is 0.478 e. The molecule has 6 rings (SSSR count). The summed E-state index contributed by atoms with van der Waals surface area (Å²) in [7, 11) is 0. The van der Waals surface area contributed by atoms with Crippen molar-refractivity contribution in [1.29, 1.82) is 0 Å². The van der Waals surface area contributed by atoms with Crippen molar-refractivity contribution in [2.75, 3.05) is 0 Å². The summed E-state index contributed by atoms with van der Waals surface area (Å²) < 4.78 is 0. The van der Waals surface area contributed by atoms with Crippen LogP contribution < -0.4 is 0 Å². The SMILES string of the molecule is CC12CC3CC(C1)C(c1ccc(C#Cc4cc(C(=O)O)cc(C(=O)O)c4)cc1)C(C)(C3)C2. The van der Waals surface area contributed by atoms with E-state index < -0.39 is 11.9 Å². The van der Waals surface area contributed by atoms with E-state index in [0.717, 1.165) is 23.5 Å². The van der Waals surface area contributed by atoms with Crippen LogP contribution in [0.25, 0.3) is 0 Å². The van der Waals surface area contributed by atoms with Gasteiger partial charge in [0.25, 0.3) is 0 Å². The van der Waals surface area contributed by atoms with Crippen LogP contribution in [0, 0.1) is 34.5 Å². The minimum absolute atomic E-state index is 0.0756. The van der Waals surface area contributed by atoms with Crippen LogP contribution in [0.1, 0.15) is 89.3 Å². The number of benzene rings is 2. The standard InChI is InChI=1S/C28H28O4/c1-27-13-19-11-23(15-27)24(28(2,14-19)16-27)20-7-5-17(6-8-20)3-4-18-9-21(25(29)30)12-22(10-18)26(31)32/h5-10,12,19,23-24H,11,13-16H2,1-2H3,(H,29,30)(H,31,32). The van der Waals surface area contributed by atoms with Crippen molar-refractivity contribution in [3.05, 3.63) is 70.3 Å². The van der Waals surface area contributed by atoms with Crippen LogP contribution in [0.2, 0.25) is 0 Å². The Morgan fingerprint density at radius 2 is 1.50 bits per heavy atom. The monoisotopic (exact) mass is 428 g/mol. The lowest BCUT2D eigenvalue weighted by molar-refractivity contribution is -0.111. The Morgan fingerprint density at radius 3 is 2.06 bits per heavy atom. The normalized spacial score (nSPS) is 32.2. The lowest BCUT2D eigenvalue weighted by Gasteiger charge is -2.64. The van der Waals surface area contributed by atoms with Crippen molar-refractivity contribution in [2.45, 2.75) is 51.9 Å². The molecule has 32 heavy (non-hydrogen) atoms. The van der Waals surface area contributed by atoms with Gasteiger partial charge in [0.2, 0.25) is 0 Å². The molecule has 4 fully saturated rings. The van der Waals surface area contributed by atoms with Gasteiger partial charge in [0.1, 0.15) is 0 Å². The van der Waals surface area contributed by atoms with E-state index in [-0.39, 0.29) is 11.1 Å². The highest BCUT2D eigenvalue weighted by Gasteiger charge is 2.58. The van der Waals surface area contributed by atoms with Crippen molar-refractivity contribution >= 4 is 11.9 Å². The average Bonchev–Trinajstić information content (AvgIpc) is 2.70. The van der Waals surface area contributed by atoms with Crippen LogP contribution in [0.4, 0.5) is 0 Å². The quantitative estimate of drug-likeness (QED) is 0.606. The van der Waals surface area contributed by atoms with E-state index in [0.29, 0.717) is 22.3 Å². The molecule has 0 aliphatic heterocycles. The van der Waals surface area contributed by atoms with E-state index in [1.165, 1.54) is 49.8 Å². The molecule has 4 nitrogen and oxygen atoms in total. The number of rotatable bonds is 3. The molecular weight excluding hydrogens is 400 g/mol. The summed E-state index contributed by atoms with van der Waals surface area (Å²) in [6, 6.07) is 12.5. The van der Waals surface area contributed by atoms with Gasteiger partial charge in [-0.25, -0.2) is 9.59 Å². The van der Waals surface area contributed by atoms with Gasteiger partial charge in [-0.2, -0.15) is 0 Å². The van der Waals surface area contributed by atoms with Crippen molar-refractivity contribution in [3.8, 4) is 11.8 Å². The van der Waals surface area contributed by atoms with Gasteiger partial charge in [0.15, 0.2) is 0 Å². The molecule has 4 bridgehead atoms. The molecule has 2 N–H and O–H groups in total. The Balaban J connectivity index is 1.40. The second-order valence-electron chi connectivity index (χ2n) is 10.9. The lowest BCUT2D eigenvalue weighted by atomic mass is 9.40. The van der Waals surface area contributed by atoms with Gasteiger partial charge in [-0.15, -0.1) is 0 Å². The Kier molecular flexibility index (Phi) is 4.71. The Hall–Kier alpha value is -3.06. The fraction of sp³-hybridized carbons (Fsp3) is 0.429. The van der Waals surface area contributed by atoms with Crippen LogP contribution in [-0.2, 0) is 0 Å². The van der Waals surface area contributed by atoms with Gasteiger partial charge in [0.05, 0.1) is 11.1 Å². The predicted octanol–water partition coefficient (Wildman–Crippen LogP) is 5.80. The summed E-state index contributed by atoms with van der Waals surface area (Å²) in [6.45, 7) is 4.99. The minimum Gasteiger partial charge on any atom is -0.478 e.